The molecule has 1 aromatic carbocycles. The Labute approximate surface area is 137 Å². The Morgan fingerprint density at radius 2 is 1.95 bits per heavy atom. The van der Waals surface area contributed by atoms with E-state index in [4.69, 9.17) is 10.5 Å². The lowest BCUT2D eigenvalue weighted by Crippen LogP contribution is -2.29. The highest BCUT2D eigenvalue weighted by atomic mass is 35.5. The highest BCUT2D eigenvalue weighted by Crippen LogP contribution is 2.08. The van der Waals surface area contributed by atoms with Crippen LogP contribution in [0.3, 0.4) is 0 Å². The molecule has 0 aliphatic rings. The maximum absolute atomic E-state index is 11.7. The van der Waals surface area contributed by atoms with Crippen LogP contribution in [0.1, 0.15) is 5.56 Å². The number of carbonyl (C=O) groups excluding carboxylic acids is 1. The van der Waals surface area contributed by atoms with Crippen molar-refractivity contribution in [2.24, 2.45) is 5.14 Å². The van der Waals surface area contributed by atoms with E-state index in [1.165, 1.54) is 28.0 Å². The zero-order valence-electron chi connectivity index (χ0n) is 11.4. The molecule has 1 heterocycles. The molecule has 1 aromatic heterocycles. The summed E-state index contributed by atoms with van der Waals surface area (Å²) < 4.78 is 23.7. The van der Waals surface area contributed by atoms with E-state index in [0.29, 0.717) is 4.80 Å². The van der Waals surface area contributed by atoms with Crippen LogP contribution >= 0.6 is 23.7 Å². The van der Waals surface area contributed by atoms with Crippen molar-refractivity contribution in [2.45, 2.75) is 18.0 Å². The summed E-state index contributed by atoms with van der Waals surface area (Å²) in [5.41, 5.74) is 0.761. The van der Waals surface area contributed by atoms with Crippen LogP contribution in [0.15, 0.2) is 40.7 Å². The van der Waals surface area contributed by atoms with Gasteiger partial charge in [-0.15, -0.1) is 23.7 Å². The molecule has 0 saturated carbocycles. The first-order valence-electron chi connectivity index (χ1n) is 5.93. The molecule has 0 atom stereocenters. The fraction of sp³-hybridized carbons (Fsp3) is 0.167. The predicted octanol–water partition coefficient (Wildman–Crippen LogP) is 0.415. The van der Waals surface area contributed by atoms with E-state index >= 15 is 0 Å². The third kappa shape index (κ3) is 4.95. The molecule has 0 aliphatic heterocycles. The van der Waals surface area contributed by atoms with Gasteiger partial charge < -0.3 is 9.88 Å². The lowest BCUT2D eigenvalue weighted by molar-refractivity contribution is -0.121. The predicted molar refractivity (Wildman–Crippen MR) is 85.1 cm³/mol. The number of hydrogen-bond donors (Lipinski definition) is 3. The lowest BCUT2D eigenvalue weighted by atomic mass is 10.2. The molecular formula is C12H15ClN4O3S2. The molecule has 10 heteroatoms. The van der Waals surface area contributed by atoms with E-state index in [-0.39, 0.29) is 36.3 Å². The third-order valence-electron chi connectivity index (χ3n) is 2.74. The van der Waals surface area contributed by atoms with Crippen molar-refractivity contribution in [3.05, 3.63) is 46.2 Å². The minimum absolute atomic E-state index is 0. The Kier molecular flexibility index (Phi) is 6.30. The number of carbonyl (C=O) groups is 1. The second kappa shape index (κ2) is 7.54. The van der Waals surface area contributed by atoms with Crippen molar-refractivity contribution in [1.29, 1.82) is 5.41 Å². The van der Waals surface area contributed by atoms with Crippen molar-refractivity contribution in [3.63, 3.8) is 0 Å². The van der Waals surface area contributed by atoms with Crippen molar-refractivity contribution < 1.29 is 13.2 Å². The highest BCUT2D eigenvalue weighted by Gasteiger charge is 2.07. The van der Waals surface area contributed by atoms with Crippen LogP contribution in [0, 0.1) is 5.41 Å². The van der Waals surface area contributed by atoms with Gasteiger partial charge in [0, 0.05) is 18.1 Å². The van der Waals surface area contributed by atoms with Crippen molar-refractivity contribution in [3.8, 4) is 0 Å². The van der Waals surface area contributed by atoms with Gasteiger partial charge in [0.2, 0.25) is 15.9 Å². The first-order valence-corrected chi connectivity index (χ1v) is 8.36. The summed E-state index contributed by atoms with van der Waals surface area (Å²) >= 11 is 1.25. The van der Waals surface area contributed by atoms with Gasteiger partial charge in [-0.25, -0.2) is 13.6 Å². The normalized spacial score (nSPS) is 10.8. The second-order valence-corrected chi connectivity index (χ2v) is 6.76. The number of nitrogens with two attached hydrogens (primary N) is 1. The fourth-order valence-corrected chi connectivity index (χ4v) is 2.75. The van der Waals surface area contributed by atoms with Crippen molar-refractivity contribution in [1.82, 2.24) is 9.88 Å². The maximum Gasteiger partial charge on any atom is 0.240 e. The van der Waals surface area contributed by atoms with Gasteiger partial charge in [0.1, 0.15) is 6.54 Å². The van der Waals surface area contributed by atoms with Crippen molar-refractivity contribution in [2.75, 3.05) is 0 Å². The molecule has 0 fully saturated rings. The maximum atomic E-state index is 11.7. The number of halogens is 1. The lowest BCUT2D eigenvalue weighted by Gasteiger charge is -2.06. The van der Waals surface area contributed by atoms with E-state index in [2.05, 4.69) is 5.32 Å². The summed E-state index contributed by atoms with van der Waals surface area (Å²) in [6, 6.07) is 5.97. The number of sulfonamides is 1. The van der Waals surface area contributed by atoms with Gasteiger partial charge in [0.25, 0.3) is 0 Å². The van der Waals surface area contributed by atoms with E-state index < -0.39 is 10.0 Å². The van der Waals surface area contributed by atoms with Crippen LogP contribution in [0.25, 0.3) is 0 Å². The Balaban J connectivity index is 0.00000242. The first kappa shape index (κ1) is 18.4. The number of aromatic nitrogens is 1. The number of thiazole rings is 1. The van der Waals surface area contributed by atoms with Crippen LogP contribution in [0.5, 0.6) is 0 Å². The summed E-state index contributed by atoms with van der Waals surface area (Å²) in [4.78, 5) is 12.1. The molecule has 2 aromatic rings. The highest BCUT2D eigenvalue weighted by molar-refractivity contribution is 7.89. The van der Waals surface area contributed by atoms with E-state index in [0.717, 1.165) is 5.56 Å². The molecule has 7 nitrogen and oxygen atoms in total. The Bertz CT molecular complexity index is 796. The smallest absolute Gasteiger partial charge is 0.240 e. The summed E-state index contributed by atoms with van der Waals surface area (Å²) in [6.07, 6.45) is 1.67. The molecule has 1 amide bonds. The number of nitrogens with one attached hydrogen (secondary N) is 2. The van der Waals surface area contributed by atoms with Crippen LogP contribution in [-0.2, 0) is 27.9 Å². The van der Waals surface area contributed by atoms with Crippen molar-refractivity contribution >= 4 is 39.7 Å². The average Bonchev–Trinajstić information content (AvgIpc) is 2.81. The fourth-order valence-electron chi connectivity index (χ4n) is 1.64. The monoisotopic (exact) mass is 362 g/mol. The summed E-state index contributed by atoms with van der Waals surface area (Å²) in [6.45, 7) is 0.360. The minimum Gasteiger partial charge on any atom is -0.350 e. The largest absolute Gasteiger partial charge is 0.350 e. The summed E-state index contributed by atoms with van der Waals surface area (Å²) in [5.74, 6) is -0.220. The summed E-state index contributed by atoms with van der Waals surface area (Å²) in [5, 5.41) is 17.0. The average molecular weight is 363 g/mol. The number of primary sulfonamides is 1. The topological polar surface area (TPSA) is 118 Å². The number of hydrogen-bond acceptors (Lipinski definition) is 5. The quantitative estimate of drug-likeness (QED) is 0.715. The van der Waals surface area contributed by atoms with Crippen LogP contribution < -0.4 is 15.3 Å². The SMILES string of the molecule is Cl.N=c1sccn1CC(=O)NCc1ccc(S(N)(=O)=O)cc1. The van der Waals surface area contributed by atoms with E-state index in [1.54, 1.807) is 23.7 Å². The molecule has 0 bridgehead atoms. The minimum atomic E-state index is -3.70. The van der Waals surface area contributed by atoms with Gasteiger partial charge in [-0.2, -0.15) is 0 Å². The van der Waals surface area contributed by atoms with Gasteiger partial charge in [0.15, 0.2) is 4.80 Å². The Morgan fingerprint density at radius 3 is 2.45 bits per heavy atom. The first-order chi connectivity index (χ1) is 9.86. The van der Waals surface area contributed by atoms with Crippen LogP contribution in [0.2, 0.25) is 0 Å². The molecule has 0 spiro atoms. The number of benzene rings is 1. The molecule has 120 valence electrons. The zero-order valence-corrected chi connectivity index (χ0v) is 13.8. The molecule has 0 saturated heterocycles. The number of amides is 1. The third-order valence-corrected chi connectivity index (χ3v) is 4.38. The van der Waals surface area contributed by atoms with Gasteiger partial charge in [0.05, 0.1) is 4.90 Å². The second-order valence-electron chi connectivity index (χ2n) is 4.30. The molecule has 0 radical (unpaired) electrons. The summed E-state index contributed by atoms with van der Waals surface area (Å²) in [7, 11) is -3.70. The molecule has 22 heavy (non-hydrogen) atoms. The molecule has 0 aliphatic carbocycles. The number of rotatable bonds is 5. The van der Waals surface area contributed by atoms with E-state index in [9.17, 15) is 13.2 Å². The van der Waals surface area contributed by atoms with Gasteiger partial charge in [-0.3, -0.25) is 10.2 Å². The van der Waals surface area contributed by atoms with Gasteiger partial charge >= 0.3 is 0 Å². The number of nitrogens with zero attached hydrogens (tertiary/aromatic N) is 1. The Hall–Kier alpha value is -1.68. The van der Waals surface area contributed by atoms with Gasteiger partial charge in [-0.05, 0) is 17.7 Å². The Morgan fingerprint density at radius 1 is 1.32 bits per heavy atom. The molecule has 2 rings (SSSR count). The standard InChI is InChI=1S/C12H14N4O3S2.ClH/c13-12-16(5-6-20-12)8-11(17)15-7-9-1-3-10(4-2-9)21(14,18)19;/h1-6,13H,7-8H2,(H,15,17)(H2,14,18,19);1H. The molecule has 4 N–H and O–H groups in total. The zero-order chi connectivity index (χ0) is 15.5. The van der Waals surface area contributed by atoms with Crippen LogP contribution in [-0.4, -0.2) is 18.9 Å². The molecular weight excluding hydrogens is 348 g/mol. The van der Waals surface area contributed by atoms with E-state index in [1.807, 2.05) is 0 Å². The van der Waals surface area contributed by atoms with Gasteiger partial charge in [-0.1, -0.05) is 12.1 Å². The molecule has 0 unspecified atom stereocenters. The van der Waals surface area contributed by atoms with Crippen LogP contribution in [0.4, 0.5) is 0 Å².